The van der Waals surface area contributed by atoms with Crippen LogP contribution in [0.3, 0.4) is 0 Å². The Kier molecular flexibility index (Phi) is 5.67. The standard InChI is InChI=1S/C14H19BrClNO/c1-10-4-5-11(16)8-12(10)13(18)17-9-14(2,3)6-7-15/h4-5,8H,6-7,9H2,1-3H3,(H,17,18). The molecule has 0 bridgehead atoms. The zero-order chi connectivity index (χ0) is 13.8. The number of halogens is 2. The summed E-state index contributed by atoms with van der Waals surface area (Å²) in [6, 6.07) is 5.37. The first-order chi connectivity index (χ1) is 8.35. The first kappa shape index (κ1) is 15.5. The van der Waals surface area contributed by atoms with Gasteiger partial charge in [0.1, 0.15) is 0 Å². The van der Waals surface area contributed by atoms with Crippen LogP contribution >= 0.6 is 27.5 Å². The monoisotopic (exact) mass is 331 g/mol. The van der Waals surface area contributed by atoms with Crippen molar-refractivity contribution in [2.45, 2.75) is 27.2 Å². The average molecular weight is 333 g/mol. The molecule has 1 N–H and O–H groups in total. The van der Waals surface area contributed by atoms with Crippen molar-refractivity contribution in [2.24, 2.45) is 5.41 Å². The summed E-state index contributed by atoms with van der Waals surface area (Å²) in [7, 11) is 0. The first-order valence-corrected chi connectivity index (χ1v) is 7.46. The van der Waals surface area contributed by atoms with Crippen LogP contribution in [0.4, 0.5) is 0 Å². The van der Waals surface area contributed by atoms with E-state index >= 15 is 0 Å². The van der Waals surface area contributed by atoms with Gasteiger partial charge in [0.05, 0.1) is 0 Å². The van der Waals surface area contributed by atoms with Crippen molar-refractivity contribution in [2.75, 3.05) is 11.9 Å². The maximum atomic E-state index is 12.1. The Bertz CT molecular complexity index is 432. The van der Waals surface area contributed by atoms with Crippen LogP contribution in [0.5, 0.6) is 0 Å². The Morgan fingerprint density at radius 2 is 2.11 bits per heavy atom. The molecule has 1 amide bonds. The van der Waals surface area contributed by atoms with Gasteiger partial charge in [0.25, 0.3) is 5.91 Å². The lowest BCUT2D eigenvalue weighted by molar-refractivity contribution is 0.0935. The van der Waals surface area contributed by atoms with Crippen LogP contribution in [0.1, 0.15) is 36.2 Å². The second kappa shape index (κ2) is 6.58. The van der Waals surface area contributed by atoms with Gasteiger partial charge in [-0.3, -0.25) is 4.79 Å². The predicted molar refractivity (Wildman–Crippen MR) is 80.7 cm³/mol. The van der Waals surface area contributed by atoms with E-state index in [4.69, 9.17) is 11.6 Å². The van der Waals surface area contributed by atoms with Crippen molar-refractivity contribution in [3.05, 3.63) is 34.3 Å². The van der Waals surface area contributed by atoms with E-state index in [2.05, 4.69) is 35.1 Å². The predicted octanol–water partition coefficient (Wildman–Crippen LogP) is 4.19. The van der Waals surface area contributed by atoms with E-state index < -0.39 is 0 Å². The zero-order valence-electron chi connectivity index (χ0n) is 11.0. The number of benzene rings is 1. The molecule has 2 nitrogen and oxygen atoms in total. The molecule has 1 rings (SSSR count). The summed E-state index contributed by atoms with van der Waals surface area (Å²) in [5.74, 6) is -0.0577. The van der Waals surface area contributed by atoms with Crippen LogP contribution in [-0.2, 0) is 0 Å². The van der Waals surface area contributed by atoms with E-state index in [-0.39, 0.29) is 11.3 Å². The van der Waals surface area contributed by atoms with Gasteiger partial charge < -0.3 is 5.32 Å². The minimum atomic E-state index is -0.0577. The molecule has 0 unspecified atom stereocenters. The SMILES string of the molecule is Cc1ccc(Cl)cc1C(=O)NCC(C)(C)CCBr. The molecule has 4 heteroatoms. The fourth-order valence-corrected chi connectivity index (χ4v) is 2.84. The second-order valence-corrected chi connectivity index (χ2v) is 6.47. The van der Waals surface area contributed by atoms with E-state index in [0.717, 1.165) is 17.3 Å². The molecule has 0 saturated carbocycles. The van der Waals surface area contributed by atoms with Crippen molar-refractivity contribution in [1.29, 1.82) is 0 Å². The number of nitrogens with one attached hydrogen (secondary N) is 1. The van der Waals surface area contributed by atoms with Gasteiger partial charge in [-0.2, -0.15) is 0 Å². The highest BCUT2D eigenvalue weighted by molar-refractivity contribution is 9.09. The Morgan fingerprint density at radius 1 is 1.44 bits per heavy atom. The first-order valence-electron chi connectivity index (χ1n) is 5.96. The van der Waals surface area contributed by atoms with Crippen LogP contribution in [0, 0.1) is 12.3 Å². The summed E-state index contributed by atoms with van der Waals surface area (Å²) >= 11 is 9.34. The summed E-state index contributed by atoms with van der Waals surface area (Å²) in [6.45, 7) is 6.84. The number of alkyl halides is 1. The molecule has 0 saturated heterocycles. The molecule has 0 heterocycles. The van der Waals surface area contributed by atoms with Gasteiger partial charge in [0.15, 0.2) is 0 Å². The quantitative estimate of drug-likeness (QED) is 0.805. The smallest absolute Gasteiger partial charge is 0.251 e. The van der Waals surface area contributed by atoms with E-state index in [1.165, 1.54) is 0 Å². The molecule has 0 radical (unpaired) electrons. The molecule has 0 atom stereocenters. The van der Waals surface area contributed by atoms with E-state index in [1.807, 2.05) is 13.0 Å². The van der Waals surface area contributed by atoms with Gasteiger partial charge in [-0.05, 0) is 36.5 Å². The van der Waals surface area contributed by atoms with Crippen molar-refractivity contribution in [3.63, 3.8) is 0 Å². The summed E-state index contributed by atoms with van der Waals surface area (Å²) in [4.78, 5) is 12.1. The van der Waals surface area contributed by atoms with Crippen LogP contribution in [0.15, 0.2) is 18.2 Å². The molecule has 0 aliphatic rings. The van der Waals surface area contributed by atoms with Gasteiger partial charge in [0.2, 0.25) is 0 Å². The average Bonchev–Trinajstić information content (AvgIpc) is 2.29. The van der Waals surface area contributed by atoms with Crippen LogP contribution in [0.25, 0.3) is 0 Å². The normalized spacial score (nSPS) is 11.4. The Morgan fingerprint density at radius 3 is 2.72 bits per heavy atom. The molecule has 1 aromatic rings. The third-order valence-corrected chi connectivity index (χ3v) is 3.57. The van der Waals surface area contributed by atoms with E-state index in [9.17, 15) is 4.79 Å². The molecular formula is C14H19BrClNO. The molecule has 0 aliphatic carbocycles. The number of hydrogen-bond donors (Lipinski definition) is 1. The topological polar surface area (TPSA) is 29.1 Å². The number of hydrogen-bond acceptors (Lipinski definition) is 1. The lowest BCUT2D eigenvalue weighted by atomic mass is 9.90. The van der Waals surface area contributed by atoms with Gasteiger partial charge >= 0.3 is 0 Å². The Balaban J connectivity index is 2.69. The van der Waals surface area contributed by atoms with Crippen molar-refractivity contribution in [1.82, 2.24) is 5.32 Å². The minimum absolute atomic E-state index is 0.0577. The highest BCUT2D eigenvalue weighted by Crippen LogP contribution is 2.21. The highest BCUT2D eigenvalue weighted by Gasteiger charge is 2.19. The Labute approximate surface area is 122 Å². The number of aryl methyl sites for hydroxylation is 1. The van der Waals surface area contributed by atoms with Gasteiger partial charge in [-0.1, -0.05) is 47.4 Å². The summed E-state index contributed by atoms with van der Waals surface area (Å²) in [6.07, 6.45) is 1.02. The third-order valence-electron chi connectivity index (χ3n) is 2.94. The van der Waals surface area contributed by atoms with Crippen LogP contribution in [0.2, 0.25) is 5.02 Å². The summed E-state index contributed by atoms with van der Waals surface area (Å²) < 4.78 is 0. The molecule has 1 aromatic carbocycles. The number of amides is 1. The zero-order valence-corrected chi connectivity index (χ0v) is 13.4. The number of carbonyl (C=O) groups is 1. The largest absolute Gasteiger partial charge is 0.351 e. The molecular weight excluding hydrogens is 314 g/mol. The van der Waals surface area contributed by atoms with Gasteiger partial charge in [0, 0.05) is 22.5 Å². The lowest BCUT2D eigenvalue weighted by Gasteiger charge is -2.24. The van der Waals surface area contributed by atoms with E-state index in [0.29, 0.717) is 17.1 Å². The van der Waals surface area contributed by atoms with Crippen molar-refractivity contribution < 1.29 is 4.79 Å². The third kappa shape index (κ3) is 4.62. The fourth-order valence-electron chi connectivity index (χ4n) is 1.60. The molecule has 18 heavy (non-hydrogen) atoms. The molecule has 0 fully saturated rings. The van der Waals surface area contributed by atoms with Crippen LogP contribution < -0.4 is 5.32 Å². The lowest BCUT2D eigenvalue weighted by Crippen LogP contribution is -2.34. The van der Waals surface area contributed by atoms with Gasteiger partial charge in [-0.25, -0.2) is 0 Å². The maximum Gasteiger partial charge on any atom is 0.251 e. The van der Waals surface area contributed by atoms with E-state index in [1.54, 1.807) is 12.1 Å². The van der Waals surface area contributed by atoms with Crippen LogP contribution in [-0.4, -0.2) is 17.8 Å². The fraction of sp³-hybridized carbons (Fsp3) is 0.500. The van der Waals surface area contributed by atoms with Crippen molar-refractivity contribution >= 4 is 33.4 Å². The molecule has 0 spiro atoms. The maximum absolute atomic E-state index is 12.1. The molecule has 100 valence electrons. The number of rotatable bonds is 5. The summed E-state index contributed by atoms with van der Waals surface area (Å²) in [5, 5.41) is 4.50. The van der Waals surface area contributed by atoms with Gasteiger partial charge in [-0.15, -0.1) is 0 Å². The molecule has 0 aromatic heterocycles. The summed E-state index contributed by atoms with van der Waals surface area (Å²) in [5.41, 5.74) is 1.68. The molecule has 0 aliphatic heterocycles. The second-order valence-electron chi connectivity index (χ2n) is 5.25. The Hall–Kier alpha value is -0.540. The highest BCUT2D eigenvalue weighted by atomic mass is 79.9. The van der Waals surface area contributed by atoms with Crippen molar-refractivity contribution in [3.8, 4) is 0 Å². The minimum Gasteiger partial charge on any atom is -0.351 e. The number of carbonyl (C=O) groups excluding carboxylic acids is 1.